The summed E-state index contributed by atoms with van der Waals surface area (Å²) in [6.07, 6.45) is 2.50. The van der Waals surface area contributed by atoms with Gasteiger partial charge in [-0.2, -0.15) is 5.10 Å². The molecule has 5 rings (SSSR count). The Hall–Kier alpha value is -4.00. The minimum atomic E-state index is -0.416. The molecular weight excluding hydrogens is 406 g/mol. The first kappa shape index (κ1) is 19.9. The molecule has 1 atom stereocenters. The third-order valence-corrected chi connectivity index (χ3v) is 5.58. The van der Waals surface area contributed by atoms with E-state index in [2.05, 4.69) is 17.1 Å². The summed E-state index contributed by atoms with van der Waals surface area (Å²) in [4.78, 5) is 15.2. The first-order valence-corrected chi connectivity index (χ1v) is 10.6. The van der Waals surface area contributed by atoms with E-state index in [-0.39, 0.29) is 11.7 Å². The molecule has 0 saturated carbocycles. The summed E-state index contributed by atoms with van der Waals surface area (Å²) in [6, 6.07) is 18.0. The first-order valence-electron chi connectivity index (χ1n) is 10.6. The van der Waals surface area contributed by atoms with Crippen molar-refractivity contribution in [2.24, 2.45) is 0 Å². The lowest BCUT2D eigenvalue weighted by Gasteiger charge is -2.26. The molecule has 0 bridgehead atoms. The summed E-state index contributed by atoms with van der Waals surface area (Å²) in [5, 5.41) is 17.8. The molecule has 0 saturated heterocycles. The Labute approximate surface area is 185 Å². The van der Waals surface area contributed by atoms with Crippen molar-refractivity contribution < 1.29 is 19.1 Å². The van der Waals surface area contributed by atoms with E-state index in [9.17, 15) is 9.90 Å². The molecule has 1 amide bonds. The minimum Gasteiger partial charge on any atom is -0.507 e. The predicted molar refractivity (Wildman–Crippen MR) is 118 cm³/mol. The highest BCUT2D eigenvalue weighted by Gasteiger charge is 2.43. The molecule has 7 heteroatoms. The summed E-state index contributed by atoms with van der Waals surface area (Å²) in [7, 11) is 0. The molecular formula is C25H23N3O4. The molecule has 0 aliphatic carbocycles. The number of aromatic amines is 1. The number of phenolic OH excluding ortho intramolecular Hbond substituents is 1. The molecule has 0 unspecified atom stereocenters. The summed E-state index contributed by atoms with van der Waals surface area (Å²) >= 11 is 0. The highest BCUT2D eigenvalue weighted by Crippen LogP contribution is 2.45. The van der Waals surface area contributed by atoms with Crippen molar-refractivity contribution in [3.8, 4) is 22.8 Å². The van der Waals surface area contributed by atoms with Gasteiger partial charge in [0.05, 0.1) is 25.5 Å². The molecule has 2 aromatic heterocycles. The van der Waals surface area contributed by atoms with Gasteiger partial charge in [0, 0.05) is 11.1 Å². The van der Waals surface area contributed by atoms with Gasteiger partial charge in [-0.25, -0.2) is 0 Å². The molecule has 0 radical (unpaired) electrons. The number of benzene rings is 2. The van der Waals surface area contributed by atoms with Gasteiger partial charge in [0.2, 0.25) is 0 Å². The molecule has 1 aliphatic rings. The van der Waals surface area contributed by atoms with Gasteiger partial charge in [-0.05, 0) is 48.4 Å². The average molecular weight is 429 g/mol. The molecule has 3 heterocycles. The topological polar surface area (TPSA) is 91.6 Å². The second-order valence-corrected chi connectivity index (χ2v) is 7.71. The third kappa shape index (κ3) is 3.41. The van der Waals surface area contributed by atoms with Gasteiger partial charge in [-0.3, -0.25) is 9.89 Å². The second kappa shape index (κ2) is 8.26. The van der Waals surface area contributed by atoms with E-state index < -0.39 is 6.04 Å². The number of hydrogen-bond acceptors (Lipinski definition) is 5. The quantitative estimate of drug-likeness (QED) is 0.436. The monoisotopic (exact) mass is 429 g/mol. The summed E-state index contributed by atoms with van der Waals surface area (Å²) in [5.74, 6) is 1.37. The van der Waals surface area contributed by atoms with Crippen molar-refractivity contribution in [1.82, 2.24) is 15.1 Å². The lowest BCUT2D eigenvalue weighted by molar-refractivity contribution is 0.0716. The Morgan fingerprint density at radius 2 is 2.03 bits per heavy atom. The van der Waals surface area contributed by atoms with E-state index in [4.69, 9.17) is 9.15 Å². The SMILES string of the molecule is CCCOc1cccc([C@H]2c3c(-c4ccccc4O)n[nH]c3C(=O)N2Cc2ccco2)c1. The van der Waals surface area contributed by atoms with Crippen molar-refractivity contribution in [2.75, 3.05) is 6.61 Å². The van der Waals surface area contributed by atoms with Gasteiger partial charge in [0.1, 0.15) is 28.6 Å². The maximum absolute atomic E-state index is 13.4. The van der Waals surface area contributed by atoms with E-state index in [1.54, 1.807) is 35.4 Å². The van der Waals surface area contributed by atoms with E-state index in [1.807, 2.05) is 36.4 Å². The highest BCUT2D eigenvalue weighted by atomic mass is 16.5. The molecule has 162 valence electrons. The van der Waals surface area contributed by atoms with E-state index in [1.165, 1.54) is 0 Å². The summed E-state index contributed by atoms with van der Waals surface area (Å²) < 4.78 is 11.4. The maximum atomic E-state index is 13.4. The van der Waals surface area contributed by atoms with Gasteiger partial charge in [-0.1, -0.05) is 31.2 Å². The number of nitrogens with one attached hydrogen (secondary N) is 1. The van der Waals surface area contributed by atoms with Crippen LogP contribution in [-0.2, 0) is 6.54 Å². The molecule has 7 nitrogen and oxygen atoms in total. The fourth-order valence-corrected chi connectivity index (χ4v) is 4.15. The number of para-hydroxylation sites is 1. The van der Waals surface area contributed by atoms with Crippen molar-refractivity contribution in [2.45, 2.75) is 25.9 Å². The maximum Gasteiger partial charge on any atom is 0.273 e. The Morgan fingerprint density at radius 1 is 1.16 bits per heavy atom. The molecule has 2 aromatic carbocycles. The zero-order chi connectivity index (χ0) is 22.1. The lowest BCUT2D eigenvalue weighted by Crippen LogP contribution is -2.29. The van der Waals surface area contributed by atoms with Crippen LogP contribution in [-0.4, -0.2) is 32.7 Å². The van der Waals surface area contributed by atoms with E-state index in [0.29, 0.717) is 35.9 Å². The van der Waals surface area contributed by atoms with Crippen LogP contribution in [0.15, 0.2) is 71.3 Å². The van der Waals surface area contributed by atoms with Crippen LogP contribution in [0.1, 0.15) is 46.8 Å². The molecule has 0 fully saturated rings. The minimum absolute atomic E-state index is 0.109. The van der Waals surface area contributed by atoms with Gasteiger partial charge in [0.15, 0.2) is 0 Å². The zero-order valence-corrected chi connectivity index (χ0v) is 17.6. The number of fused-ring (bicyclic) bond motifs is 1. The Balaban J connectivity index is 1.64. The molecule has 4 aromatic rings. The number of carbonyl (C=O) groups excluding carboxylic acids is 1. The number of aromatic hydroxyl groups is 1. The van der Waals surface area contributed by atoms with Crippen molar-refractivity contribution in [3.63, 3.8) is 0 Å². The zero-order valence-electron chi connectivity index (χ0n) is 17.6. The number of H-pyrrole nitrogens is 1. The van der Waals surface area contributed by atoms with Crippen LogP contribution in [0.4, 0.5) is 0 Å². The number of ether oxygens (including phenoxy) is 1. The molecule has 2 N–H and O–H groups in total. The van der Waals surface area contributed by atoms with Gasteiger partial charge < -0.3 is 19.2 Å². The van der Waals surface area contributed by atoms with Crippen molar-refractivity contribution >= 4 is 5.91 Å². The van der Waals surface area contributed by atoms with Gasteiger partial charge in [0.25, 0.3) is 5.91 Å². The number of carbonyl (C=O) groups is 1. The number of nitrogens with zero attached hydrogens (tertiary/aromatic N) is 2. The average Bonchev–Trinajstić information content (AvgIpc) is 3.53. The van der Waals surface area contributed by atoms with Crippen LogP contribution in [0.5, 0.6) is 11.5 Å². The number of amides is 1. The smallest absolute Gasteiger partial charge is 0.273 e. The Bertz CT molecular complexity index is 1250. The van der Waals surface area contributed by atoms with Crippen LogP contribution in [0.2, 0.25) is 0 Å². The molecule has 32 heavy (non-hydrogen) atoms. The van der Waals surface area contributed by atoms with Crippen LogP contribution in [0.3, 0.4) is 0 Å². The number of aromatic nitrogens is 2. The van der Waals surface area contributed by atoms with Crippen molar-refractivity contribution in [1.29, 1.82) is 0 Å². The highest BCUT2D eigenvalue weighted by molar-refractivity contribution is 6.00. The number of furan rings is 1. The van der Waals surface area contributed by atoms with Crippen LogP contribution < -0.4 is 4.74 Å². The standard InChI is InChI=1S/C25H23N3O4/c1-2-12-31-17-8-5-7-16(14-17)24-21-22(19-10-3-4-11-20(19)29)26-27-23(21)25(30)28(24)15-18-9-6-13-32-18/h3-11,13-14,24,29H,2,12,15H2,1H3,(H,26,27)/t24-/m0/s1. The Morgan fingerprint density at radius 3 is 2.81 bits per heavy atom. The predicted octanol–water partition coefficient (Wildman–Crippen LogP) is 4.91. The number of phenols is 1. The molecule has 0 spiro atoms. The number of rotatable bonds is 7. The van der Waals surface area contributed by atoms with Crippen LogP contribution >= 0.6 is 0 Å². The molecule has 1 aliphatic heterocycles. The van der Waals surface area contributed by atoms with Crippen molar-refractivity contribution in [3.05, 3.63) is 89.5 Å². The fraction of sp³-hybridized carbons (Fsp3) is 0.200. The van der Waals surface area contributed by atoms with E-state index in [0.717, 1.165) is 23.3 Å². The van der Waals surface area contributed by atoms with Gasteiger partial charge >= 0.3 is 0 Å². The largest absolute Gasteiger partial charge is 0.507 e. The van der Waals surface area contributed by atoms with E-state index >= 15 is 0 Å². The summed E-state index contributed by atoms with van der Waals surface area (Å²) in [6.45, 7) is 2.98. The third-order valence-electron chi connectivity index (χ3n) is 5.58. The fourth-order valence-electron chi connectivity index (χ4n) is 4.15. The summed E-state index contributed by atoms with van der Waals surface area (Å²) in [5.41, 5.74) is 3.17. The lowest BCUT2D eigenvalue weighted by atomic mass is 9.95. The van der Waals surface area contributed by atoms with Crippen LogP contribution in [0, 0.1) is 0 Å². The second-order valence-electron chi connectivity index (χ2n) is 7.71. The van der Waals surface area contributed by atoms with Crippen LogP contribution in [0.25, 0.3) is 11.3 Å². The number of hydrogen-bond donors (Lipinski definition) is 2. The normalized spacial score (nSPS) is 15.2. The Kier molecular flexibility index (Phi) is 5.15. The first-order chi connectivity index (χ1) is 15.7. The van der Waals surface area contributed by atoms with Gasteiger partial charge in [-0.15, -0.1) is 0 Å².